The van der Waals surface area contributed by atoms with Gasteiger partial charge >= 0.3 is 4.87 Å². The van der Waals surface area contributed by atoms with E-state index in [0.29, 0.717) is 21.3 Å². The van der Waals surface area contributed by atoms with E-state index in [1.54, 1.807) is 24.3 Å². The van der Waals surface area contributed by atoms with E-state index in [1.165, 1.54) is 56.8 Å². The first-order valence-electron chi connectivity index (χ1n) is 11.3. The highest BCUT2D eigenvalue weighted by Gasteiger charge is 2.57. The van der Waals surface area contributed by atoms with Crippen molar-refractivity contribution < 1.29 is 18.8 Å². The Hall–Kier alpha value is -3.54. The van der Waals surface area contributed by atoms with Crippen LogP contribution in [0, 0.1) is 11.7 Å². The topological polar surface area (TPSA) is 88.5 Å². The molecule has 11 heteroatoms. The van der Waals surface area contributed by atoms with Crippen LogP contribution in [0.1, 0.15) is 15.7 Å². The number of amides is 3. The van der Waals surface area contributed by atoms with Gasteiger partial charge in [0.1, 0.15) is 17.6 Å². The first kappa shape index (κ1) is 23.8. The van der Waals surface area contributed by atoms with Gasteiger partial charge in [0.2, 0.25) is 17.7 Å². The number of benzene rings is 2. The molecule has 0 saturated carbocycles. The number of hydrogen-bond donors (Lipinski definition) is 1. The molecule has 7 nitrogen and oxygen atoms in total. The van der Waals surface area contributed by atoms with Gasteiger partial charge in [0.05, 0.1) is 16.6 Å². The number of para-hydroxylation sites is 1. The van der Waals surface area contributed by atoms with Crippen molar-refractivity contribution in [3.8, 4) is 0 Å². The fraction of sp³-hybridized carbons (Fsp3) is 0.154. The summed E-state index contributed by atoms with van der Waals surface area (Å²) in [6.07, 6.45) is 0. The van der Waals surface area contributed by atoms with Gasteiger partial charge in [-0.2, -0.15) is 0 Å². The molecule has 2 aromatic carbocycles. The smallest absolute Gasteiger partial charge is 0.308 e. The number of anilines is 2. The van der Waals surface area contributed by atoms with Crippen molar-refractivity contribution >= 4 is 63.5 Å². The van der Waals surface area contributed by atoms with Gasteiger partial charge in [-0.3, -0.25) is 23.7 Å². The van der Waals surface area contributed by atoms with Crippen molar-refractivity contribution in [3.63, 3.8) is 0 Å². The molecule has 0 radical (unpaired) electrons. The number of thiophene rings is 1. The molecule has 1 N–H and O–H groups in total. The number of thioether (sulfide) groups is 1. The number of imide groups is 1. The maximum Gasteiger partial charge on any atom is 0.308 e. The first-order valence-corrected chi connectivity index (χ1v) is 13.9. The average molecular weight is 552 g/mol. The number of halogens is 1. The Kier molecular flexibility index (Phi) is 6.06. The lowest BCUT2D eigenvalue weighted by atomic mass is 9.87. The molecule has 186 valence electrons. The van der Waals surface area contributed by atoms with Crippen LogP contribution in [0.4, 0.5) is 15.8 Å². The molecule has 6 rings (SSSR count). The molecule has 2 aromatic heterocycles. The number of aromatic nitrogens is 1. The average Bonchev–Trinajstić information content (AvgIpc) is 3.59. The molecule has 0 aliphatic carbocycles. The van der Waals surface area contributed by atoms with Crippen molar-refractivity contribution in [2.45, 2.75) is 22.7 Å². The van der Waals surface area contributed by atoms with Crippen LogP contribution >= 0.6 is 34.4 Å². The summed E-state index contributed by atoms with van der Waals surface area (Å²) in [5, 5.41) is 4.37. The normalized spacial score (nSPS) is 20.6. The number of carbonyl (C=O) groups excluding carboxylic acids is 3. The molecule has 1 fully saturated rings. The van der Waals surface area contributed by atoms with E-state index in [2.05, 4.69) is 5.32 Å². The number of hydrogen-bond acceptors (Lipinski definition) is 7. The molecule has 1 saturated heterocycles. The standard InChI is InChI=1S/C26H18FN3O4S3/c27-14-8-10-15(11-9-14)28-18(31)13-29-25-22(37-26(29)34)19(17-7-4-12-35-17)20-21(36-25)24(33)30(23(20)32)16-5-2-1-3-6-16/h1-12,19-21H,13H2,(H,28,31)/t19-,20?,21?/m1/s1. The number of thiazole rings is 1. The van der Waals surface area contributed by atoms with E-state index in [1.807, 2.05) is 23.6 Å². The van der Waals surface area contributed by atoms with E-state index in [0.717, 1.165) is 16.2 Å². The van der Waals surface area contributed by atoms with Gasteiger partial charge in [-0.1, -0.05) is 47.4 Å². The highest BCUT2D eigenvalue weighted by atomic mass is 32.2. The quantitative estimate of drug-likeness (QED) is 0.368. The molecule has 3 atom stereocenters. The Bertz CT molecular complexity index is 1560. The Morgan fingerprint density at radius 2 is 1.70 bits per heavy atom. The number of carbonyl (C=O) groups is 3. The van der Waals surface area contributed by atoms with Crippen LogP contribution in [0.15, 0.2) is 81.9 Å². The fourth-order valence-electron chi connectivity index (χ4n) is 4.74. The lowest BCUT2D eigenvalue weighted by Gasteiger charge is -2.29. The van der Waals surface area contributed by atoms with Crippen molar-refractivity contribution in [2.24, 2.45) is 5.92 Å². The van der Waals surface area contributed by atoms with Crippen LogP contribution in [0.2, 0.25) is 0 Å². The van der Waals surface area contributed by atoms with Gasteiger partial charge in [-0.15, -0.1) is 11.3 Å². The van der Waals surface area contributed by atoms with Crippen LogP contribution in [0.3, 0.4) is 0 Å². The van der Waals surface area contributed by atoms with E-state index in [-0.39, 0.29) is 23.2 Å². The van der Waals surface area contributed by atoms with Crippen LogP contribution in [0.25, 0.3) is 0 Å². The Morgan fingerprint density at radius 1 is 0.946 bits per heavy atom. The van der Waals surface area contributed by atoms with Gasteiger partial charge < -0.3 is 5.32 Å². The van der Waals surface area contributed by atoms with E-state index in [4.69, 9.17) is 0 Å². The molecular weight excluding hydrogens is 534 g/mol. The summed E-state index contributed by atoms with van der Waals surface area (Å²) >= 11 is 3.65. The summed E-state index contributed by atoms with van der Waals surface area (Å²) in [5.41, 5.74) is 0.916. The fourth-order valence-corrected chi connectivity index (χ4v) is 8.46. The van der Waals surface area contributed by atoms with E-state index < -0.39 is 28.8 Å². The van der Waals surface area contributed by atoms with Crippen LogP contribution in [-0.4, -0.2) is 27.5 Å². The third-order valence-corrected chi connectivity index (χ3v) is 9.90. The monoisotopic (exact) mass is 551 g/mol. The molecule has 4 heterocycles. The predicted molar refractivity (Wildman–Crippen MR) is 142 cm³/mol. The molecule has 2 aliphatic heterocycles. The third-order valence-electron chi connectivity index (χ3n) is 6.34. The minimum Gasteiger partial charge on any atom is -0.325 e. The summed E-state index contributed by atoms with van der Waals surface area (Å²) in [6, 6.07) is 17.9. The van der Waals surface area contributed by atoms with Gasteiger partial charge in [0, 0.05) is 21.4 Å². The van der Waals surface area contributed by atoms with Crippen molar-refractivity contribution in [2.75, 3.05) is 10.2 Å². The maximum atomic E-state index is 13.7. The molecule has 0 bridgehead atoms. The van der Waals surface area contributed by atoms with Gasteiger partial charge in [0.15, 0.2) is 0 Å². The summed E-state index contributed by atoms with van der Waals surface area (Å²) in [6.45, 7) is -0.270. The van der Waals surface area contributed by atoms with Gasteiger partial charge in [0.25, 0.3) is 0 Å². The second-order valence-electron chi connectivity index (χ2n) is 8.58. The summed E-state index contributed by atoms with van der Waals surface area (Å²) in [4.78, 5) is 55.6. The van der Waals surface area contributed by atoms with Crippen LogP contribution < -0.4 is 15.1 Å². The van der Waals surface area contributed by atoms with Crippen molar-refractivity contribution in [1.29, 1.82) is 0 Å². The zero-order valence-corrected chi connectivity index (χ0v) is 21.4. The molecular formula is C26H18FN3O4S3. The SMILES string of the molecule is O=C(Cn1c2c(sc1=O)[C@H](c1cccs1)C1C(=O)N(c3ccccc3)C(=O)C1S2)Nc1ccc(F)cc1. The molecule has 2 unspecified atom stereocenters. The minimum atomic E-state index is -0.729. The van der Waals surface area contributed by atoms with Crippen LogP contribution in [0.5, 0.6) is 0 Å². The third kappa shape index (κ3) is 4.12. The lowest BCUT2D eigenvalue weighted by Crippen LogP contribution is -2.32. The van der Waals surface area contributed by atoms with Crippen molar-refractivity contribution in [1.82, 2.24) is 4.57 Å². The lowest BCUT2D eigenvalue weighted by molar-refractivity contribution is -0.122. The molecule has 2 aliphatic rings. The Balaban J connectivity index is 1.38. The van der Waals surface area contributed by atoms with Gasteiger partial charge in [-0.25, -0.2) is 9.29 Å². The highest BCUT2D eigenvalue weighted by molar-refractivity contribution is 8.00. The largest absolute Gasteiger partial charge is 0.325 e. The number of nitrogens with one attached hydrogen (secondary N) is 1. The summed E-state index contributed by atoms with van der Waals surface area (Å²) in [7, 11) is 0. The number of rotatable bonds is 5. The second kappa shape index (κ2) is 9.40. The highest BCUT2D eigenvalue weighted by Crippen LogP contribution is 2.54. The maximum absolute atomic E-state index is 13.7. The molecule has 0 spiro atoms. The molecule has 4 aromatic rings. The minimum absolute atomic E-state index is 0.270. The van der Waals surface area contributed by atoms with E-state index >= 15 is 0 Å². The molecule has 3 amide bonds. The number of fused-ring (bicyclic) bond motifs is 2. The summed E-state index contributed by atoms with van der Waals surface area (Å²) < 4.78 is 14.6. The van der Waals surface area contributed by atoms with Gasteiger partial charge in [-0.05, 0) is 47.8 Å². The summed E-state index contributed by atoms with van der Waals surface area (Å²) in [5.74, 6) is -2.64. The van der Waals surface area contributed by atoms with E-state index in [9.17, 15) is 23.6 Å². The zero-order valence-electron chi connectivity index (χ0n) is 19.0. The predicted octanol–water partition coefficient (Wildman–Crippen LogP) is 4.54. The van der Waals surface area contributed by atoms with Crippen LogP contribution in [-0.2, 0) is 20.9 Å². The Morgan fingerprint density at radius 3 is 2.41 bits per heavy atom. The first-order chi connectivity index (χ1) is 17.9. The number of nitrogens with zero attached hydrogens (tertiary/aromatic N) is 2. The second-order valence-corrected chi connectivity index (χ2v) is 11.7. The molecule has 37 heavy (non-hydrogen) atoms. The zero-order chi connectivity index (χ0) is 25.7. The van der Waals surface area contributed by atoms with Crippen molar-refractivity contribution in [3.05, 3.63) is 97.3 Å². The Labute approximate surface area is 222 Å².